The van der Waals surface area contributed by atoms with E-state index in [0.29, 0.717) is 5.56 Å². The molecule has 1 aromatic carbocycles. The number of hydrogen-bond donors (Lipinski definition) is 0. The Hall–Kier alpha value is -2.26. The van der Waals surface area contributed by atoms with E-state index in [9.17, 15) is 18.8 Å². The Morgan fingerprint density at radius 3 is 2.50 bits per heavy atom. The highest BCUT2D eigenvalue weighted by atomic mass is 19.3. The Bertz CT molecular complexity index is 677. The summed E-state index contributed by atoms with van der Waals surface area (Å²) < 4.78 is 35.6. The first-order valence-corrected chi connectivity index (χ1v) is 7.47. The Morgan fingerprint density at radius 1 is 1.38 bits per heavy atom. The van der Waals surface area contributed by atoms with Gasteiger partial charge in [0.25, 0.3) is 6.08 Å². The number of nitriles is 1. The van der Waals surface area contributed by atoms with E-state index < -0.39 is 34.7 Å². The topological polar surface area (TPSA) is 59.3 Å². The molecule has 0 aromatic heterocycles. The maximum atomic E-state index is 12.9. The van der Waals surface area contributed by atoms with Crippen LogP contribution < -0.4 is 0 Å². The summed E-state index contributed by atoms with van der Waals surface area (Å²) in [6.45, 7) is 3.09. The summed E-state index contributed by atoms with van der Waals surface area (Å²) in [5.41, 5.74) is -1.64. The van der Waals surface area contributed by atoms with Crippen molar-refractivity contribution < 1.29 is 23.0 Å². The third-order valence-corrected chi connectivity index (χ3v) is 4.91. The van der Waals surface area contributed by atoms with E-state index in [2.05, 4.69) is 6.07 Å². The highest BCUT2D eigenvalue weighted by Gasteiger charge is 2.79. The van der Waals surface area contributed by atoms with Crippen LogP contribution in [0.5, 0.6) is 0 Å². The van der Waals surface area contributed by atoms with Gasteiger partial charge in [0.05, 0.1) is 12.0 Å². The molecule has 0 N–H and O–H groups in total. The van der Waals surface area contributed by atoms with Crippen LogP contribution in [0.15, 0.2) is 42.5 Å². The monoisotopic (exact) mass is 335 g/mol. The van der Waals surface area contributed by atoms with E-state index in [1.807, 2.05) is 0 Å². The van der Waals surface area contributed by atoms with Gasteiger partial charge in [-0.15, -0.1) is 0 Å². The Balaban J connectivity index is 2.55. The number of carbonyl (C=O) groups excluding carboxylic acids is 1. The van der Waals surface area contributed by atoms with E-state index in [1.54, 1.807) is 44.2 Å². The van der Waals surface area contributed by atoms with Crippen molar-refractivity contribution >= 4 is 5.97 Å². The van der Waals surface area contributed by atoms with E-state index in [0.717, 1.165) is 6.08 Å². The van der Waals surface area contributed by atoms with E-state index >= 15 is 0 Å². The molecule has 4 nitrogen and oxygen atoms in total. The second-order valence-corrected chi connectivity index (χ2v) is 6.34. The second-order valence-electron chi connectivity index (χ2n) is 6.34. The summed E-state index contributed by atoms with van der Waals surface area (Å²) in [6, 6.07) is 10.8. The zero-order valence-electron chi connectivity index (χ0n) is 13.8. The minimum absolute atomic E-state index is 0.294. The van der Waals surface area contributed by atoms with Crippen molar-refractivity contribution in [2.75, 3.05) is 13.9 Å². The van der Waals surface area contributed by atoms with Crippen molar-refractivity contribution in [1.29, 1.82) is 5.26 Å². The highest BCUT2D eigenvalue weighted by Crippen LogP contribution is 2.75. The minimum atomic E-state index is -1.88. The quantitative estimate of drug-likeness (QED) is 0.585. The van der Waals surface area contributed by atoms with Gasteiger partial charge in [-0.05, 0) is 17.1 Å². The lowest BCUT2D eigenvalue weighted by atomic mass is 9.78. The fourth-order valence-electron chi connectivity index (χ4n) is 3.68. The molecule has 1 fully saturated rings. The Labute approximate surface area is 139 Å². The smallest absolute Gasteiger partial charge is 0.317 e. The van der Waals surface area contributed by atoms with Crippen molar-refractivity contribution in [3.8, 4) is 6.07 Å². The molecule has 24 heavy (non-hydrogen) atoms. The van der Waals surface area contributed by atoms with Gasteiger partial charge in [0, 0.05) is 13.0 Å². The van der Waals surface area contributed by atoms with Crippen LogP contribution in [0.2, 0.25) is 0 Å². The molecule has 3 atom stereocenters. The zero-order chi connectivity index (χ0) is 18.0. The summed E-state index contributed by atoms with van der Waals surface area (Å²) in [4.78, 5) is 12.7. The zero-order valence-corrected chi connectivity index (χ0v) is 13.8. The van der Waals surface area contributed by atoms with Crippen LogP contribution in [0.1, 0.15) is 25.3 Å². The molecule has 128 valence electrons. The van der Waals surface area contributed by atoms with Crippen LogP contribution in [0.4, 0.5) is 8.78 Å². The Morgan fingerprint density at radius 2 is 2.00 bits per heavy atom. The average Bonchev–Trinajstić information content (AvgIpc) is 3.02. The molecule has 0 radical (unpaired) electrons. The fraction of sp³-hybridized carbons (Fsp3) is 0.444. The lowest BCUT2D eigenvalue weighted by molar-refractivity contribution is -0.163. The molecule has 2 rings (SSSR count). The number of allylic oxidation sites excluding steroid dienone is 1. The third-order valence-electron chi connectivity index (χ3n) is 4.91. The number of halogens is 2. The van der Waals surface area contributed by atoms with Crippen molar-refractivity contribution in [3.63, 3.8) is 0 Å². The lowest BCUT2D eigenvalue weighted by Gasteiger charge is -2.24. The standard InChI is InChI=1S/C18H19F2NO3/c1-17(2)14(9-15(19)20)18(17,16(22)24-11-23-3)13(10-21)12-7-5-4-6-8-12/h4-9,13-14H,11H2,1-3H3. The van der Waals surface area contributed by atoms with E-state index in [4.69, 9.17) is 9.47 Å². The molecular formula is C18H19F2NO3. The molecule has 0 amide bonds. The minimum Gasteiger partial charge on any atom is -0.438 e. The molecule has 1 aromatic rings. The normalized spacial score (nSPS) is 25.2. The first kappa shape index (κ1) is 18.1. The van der Waals surface area contributed by atoms with Crippen LogP contribution >= 0.6 is 0 Å². The summed E-state index contributed by atoms with van der Waals surface area (Å²) in [5, 5.41) is 9.72. The van der Waals surface area contributed by atoms with Crippen LogP contribution in [0, 0.1) is 28.1 Å². The van der Waals surface area contributed by atoms with Gasteiger partial charge < -0.3 is 9.47 Å². The lowest BCUT2D eigenvalue weighted by Crippen LogP contribution is -2.31. The number of methoxy groups -OCH3 is 1. The molecule has 0 spiro atoms. The number of carbonyl (C=O) groups is 1. The van der Waals surface area contributed by atoms with Crippen molar-refractivity contribution in [2.24, 2.45) is 16.7 Å². The van der Waals surface area contributed by atoms with Crippen molar-refractivity contribution in [1.82, 2.24) is 0 Å². The first-order valence-electron chi connectivity index (χ1n) is 7.47. The van der Waals surface area contributed by atoms with Gasteiger partial charge >= 0.3 is 5.97 Å². The van der Waals surface area contributed by atoms with Gasteiger partial charge in [-0.3, -0.25) is 4.79 Å². The van der Waals surface area contributed by atoms with E-state index in [1.165, 1.54) is 7.11 Å². The van der Waals surface area contributed by atoms with Crippen LogP contribution in [0.25, 0.3) is 0 Å². The van der Waals surface area contributed by atoms with Crippen molar-refractivity contribution in [2.45, 2.75) is 19.8 Å². The van der Waals surface area contributed by atoms with Gasteiger partial charge in [-0.25, -0.2) is 0 Å². The highest BCUT2D eigenvalue weighted by molar-refractivity contribution is 5.85. The maximum absolute atomic E-state index is 12.9. The second kappa shape index (κ2) is 6.70. The van der Waals surface area contributed by atoms with E-state index in [-0.39, 0.29) is 6.79 Å². The summed E-state index contributed by atoms with van der Waals surface area (Å²) in [5.74, 6) is -2.41. The van der Waals surface area contributed by atoms with Crippen LogP contribution in [0.3, 0.4) is 0 Å². The van der Waals surface area contributed by atoms with Crippen LogP contribution in [-0.2, 0) is 14.3 Å². The summed E-state index contributed by atoms with van der Waals surface area (Å²) >= 11 is 0. The molecule has 0 aliphatic heterocycles. The fourth-order valence-corrected chi connectivity index (χ4v) is 3.68. The molecule has 0 bridgehead atoms. The number of esters is 1. The third kappa shape index (κ3) is 2.69. The maximum Gasteiger partial charge on any atom is 0.317 e. The first-order chi connectivity index (χ1) is 11.3. The molecular weight excluding hydrogens is 316 g/mol. The molecule has 1 aliphatic rings. The number of rotatable bonds is 6. The number of hydrogen-bond acceptors (Lipinski definition) is 4. The molecule has 3 unspecified atom stereocenters. The number of nitrogens with zero attached hydrogens (tertiary/aromatic N) is 1. The average molecular weight is 335 g/mol. The molecule has 0 heterocycles. The van der Waals surface area contributed by atoms with Gasteiger partial charge in [0.15, 0.2) is 6.79 Å². The number of ether oxygens (including phenoxy) is 2. The largest absolute Gasteiger partial charge is 0.438 e. The summed E-state index contributed by atoms with van der Waals surface area (Å²) in [6.07, 6.45) is -1.12. The molecule has 1 saturated carbocycles. The van der Waals surface area contributed by atoms with Gasteiger partial charge in [-0.2, -0.15) is 14.0 Å². The van der Waals surface area contributed by atoms with Crippen LogP contribution in [-0.4, -0.2) is 19.9 Å². The summed E-state index contributed by atoms with van der Waals surface area (Å²) in [7, 11) is 1.36. The van der Waals surface area contributed by atoms with Gasteiger partial charge in [0.2, 0.25) is 0 Å². The predicted molar refractivity (Wildman–Crippen MR) is 82.8 cm³/mol. The molecule has 1 aliphatic carbocycles. The van der Waals surface area contributed by atoms with Gasteiger partial charge in [-0.1, -0.05) is 44.2 Å². The molecule has 0 saturated heterocycles. The molecule has 6 heteroatoms. The van der Waals surface area contributed by atoms with Gasteiger partial charge in [0.1, 0.15) is 5.41 Å². The predicted octanol–water partition coefficient (Wildman–Crippen LogP) is 3.86. The van der Waals surface area contributed by atoms with Crippen molar-refractivity contribution in [3.05, 3.63) is 48.1 Å². The number of benzene rings is 1. The Kier molecular flexibility index (Phi) is 5.05. The SMILES string of the molecule is COCOC(=O)C1(C(C#N)c2ccccc2)C(C=C(F)F)C1(C)C.